The average molecular weight is 779 g/mol. The molecule has 0 saturated carbocycles. The number of anilines is 2. The maximum absolute atomic E-state index is 14.5. The number of hydrogen-bond acceptors (Lipinski definition) is 6. The molecule has 0 aromatic heterocycles. The van der Waals surface area contributed by atoms with Gasteiger partial charge in [-0.2, -0.15) is 18.4 Å². The van der Waals surface area contributed by atoms with Gasteiger partial charge in [-0.3, -0.25) is 14.4 Å². The summed E-state index contributed by atoms with van der Waals surface area (Å²) in [6, 6.07) is 18.7. The number of nitrogens with one attached hydrogen (secondary N) is 2. The quantitative estimate of drug-likeness (QED) is 0.204. The highest BCUT2D eigenvalue weighted by molar-refractivity contribution is 9.10. The third kappa shape index (κ3) is 8.45. The SMILES string of the molecule is CN[C@@H](C)C(=O)N[C@H]1CN(C(=O)c2ccc(C#N)cc2)c2cc(Cl)ccc2N(Cc2c(OCC(F)(F)F)ccc3cc(Br)ccc23)C1=O.Cl. The minimum Gasteiger partial charge on any atom is -0.484 e. The third-order valence-corrected chi connectivity index (χ3v) is 8.58. The van der Waals surface area contributed by atoms with Crippen molar-refractivity contribution < 1.29 is 32.3 Å². The number of benzene rings is 4. The Bertz CT molecular complexity index is 1940. The molecular formula is C34H29BrCl2F3N5O4. The Morgan fingerprint density at radius 1 is 1.08 bits per heavy atom. The number of nitrogens with zero attached hydrogens (tertiary/aromatic N) is 3. The van der Waals surface area contributed by atoms with E-state index in [1.54, 1.807) is 38.2 Å². The number of hydrogen-bond donors (Lipinski definition) is 2. The van der Waals surface area contributed by atoms with Crippen LogP contribution in [-0.4, -0.2) is 56.2 Å². The number of rotatable bonds is 8. The van der Waals surface area contributed by atoms with Gasteiger partial charge in [0.25, 0.3) is 11.8 Å². The maximum Gasteiger partial charge on any atom is 0.422 e. The molecule has 256 valence electrons. The molecule has 3 amide bonds. The molecule has 0 spiro atoms. The molecule has 2 atom stereocenters. The Balaban J connectivity index is 0.00000541. The van der Waals surface area contributed by atoms with E-state index in [-0.39, 0.29) is 58.8 Å². The first kappa shape index (κ1) is 37.5. The molecule has 0 bridgehead atoms. The molecule has 2 N–H and O–H groups in total. The van der Waals surface area contributed by atoms with Crippen LogP contribution in [0.3, 0.4) is 0 Å². The van der Waals surface area contributed by atoms with E-state index < -0.39 is 42.6 Å². The predicted molar refractivity (Wildman–Crippen MR) is 186 cm³/mol. The lowest BCUT2D eigenvalue weighted by Gasteiger charge is -2.28. The smallest absolute Gasteiger partial charge is 0.422 e. The van der Waals surface area contributed by atoms with Gasteiger partial charge in [0, 0.05) is 20.6 Å². The molecule has 0 fully saturated rings. The first-order valence-corrected chi connectivity index (χ1v) is 15.8. The lowest BCUT2D eigenvalue weighted by atomic mass is 10.0. The molecule has 0 unspecified atom stereocenters. The van der Waals surface area contributed by atoms with E-state index in [1.807, 2.05) is 6.07 Å². The van der Waals surface area contributed by atoms with Crippen molar-refractivity contribution in [2.24, 2.45) is 0 Å². The van der Waals surface area contributed by atoms with Crippen LogP contribution in [0.25, 0.3) is 10.8 Å². The molecule has 15 heteroatoms. The summed E-state index contributed by atoms with van der Waals surface area (Å²) < 4.78 is 45.9. The largest absolute Gasteiger partial charge is 0.484 e. The van der Waals surface area contributed by atoms with Gasteiger partial charge < -0.3 is 25.2 Å². The number of amides is 3. The molecule has 5 rings (SSSR count). The van der Waals surface area contributed by atoms with Crippen LogP contribution in [0.2, 0.25) is 5.02 Å². The summed E-state index contributed by atoms with van der Waals surface area (Å²) in [7, 11) is 1.57. The Hall–Kier alpha value is -4.35. The van der Waals surface area contributed by atoms with Gasteiger partial charge in [0.2, 0.25) is 5.91 Å². The summed E-state index contributed by atoms with van der Waals surface area (Å²) in [6.07, 6.45) is -4.63. The van der Waals surface area contributed by atoms with Gasteiger partial charge in [0.15, 0.2) is 6.61 Å². The number of ether oxygens (including phenoxy) is 1. The highest BCUT2D eigenvalue weighted by Crippen LogP contribution is 2.40. The van der Waals surface area contributed by atoms with Crippen LogP contribution in [0.15, 0.2) is 77.3 Å². The first-order valence-electron chi connectivity index (χ1n) is 14.6. The van der Waals surface area contributed by atoms with E-state index in [4.69, 9.17) is 16.3 Å². The highest BCUT2D eigenvalue weighted by Gasteiger charge is 2.39. The van der Waals surface area contributed by atoms with Crippen molar-refractivity contribution in [2.45, 2.75) is 31.7 Å². The first-order chi connectivity index (χ1) is 22.8. The Labute approximate surface area is 299 Å². The van der Waals surface area contributed by atoms with Crippen LogP contribution in [-0.2, 0) is 16.1 Å². The molecule has 0 radical (unpaired) electrons. The zero-order chi connectivity index (χ0) is 34.7. The highest BCUT2D eigenvalue weighted by atomic mass is 79.9. The molecule has 1 aliphatic heterocycles. The summed E-state index contributed by atoms with van der Waals surface area (Å²) in [5.41, 5.74) is 1.27. The van der Waals surface area contributed by atoms with Gasteiger partial charge in [-0.05, 0) is 85.4 Å². The van der Waals surface area contributed by atoms with Gasteiger partial charge in [-0.15, -0.1) is 12.4 Å². The van der Waals surface area contributed by atoms with Crippen molar-refractivity contribution in [3.8, 4) is 11.8 Å². The van der Waals surface area contributed by atoms with Crippen molar-refractivity contribution in [1.29, 1.82) is 5.26 Å². The van der Waals surface area contributed by atoms with Crippen LogP contribution >= 0.6 is 39.9 Å². The van der Waals surface area contributed by atoms with E-state index in [1.165, 1.54) is 58.3 Å². The van der Waals surface area contributed by atoms with Crippen molar-refractivity contribution in [3.63, 3.8) is 0 Å². The van der Waals surface area contributed by atoms with Gasteiger partial charge in [-0.1, -0.05) is 39.7 Å². The van der Waals surface area contributed by atoms with Crippen LogP contribution in [0.1, 0.15) is 28.4 Å². The fourth-order valence-electron chi connectivity index (χ4n) is 5.30. The number of fused-ring (bicyclic) bond motifs is 2. The molecule has 0 aliphatic carbocycles. The van der Waals surface area contributed by atoms with Crippen molar-refractivity contribution in [3.05, 3.63) is 99.0 Å². The minimum absolute atomic E-state index is 0. The normalized spacial score (nSPS) is 15.1. The summed E-state index contributed by atoms with van der Waals surface area (Å²) in [6.45, 7) is -0.549. The molecule has 0 saturated heterocycles. The minimum atomic E-state index is -4.63. The van der Waals surface area contributed by atoms with Gasteiger partial charge in [0.1, 0.15) is 11.8 Å². The summed E-state index contributed by atoms with van der Waals surface area (Å²) in [4.78, 5) is 44.3. The molecule has 4 aromatic carbocycles. The van der Waals surface area contributed by atoms with Crippen LogP contribution in [0.4, 0.5) is 24.5 Å². The summed E-state index contributed by atoms with van der Waals surface area (Å²) >= 11 is 9.85. The summed E-state index contributed by atoms with van der Waals surface area (Å²) in [5.74, 6) is -1.77. The molecule has 4 aromatic rings. The fourth-order valence-corrected chi connectivity index (χ4v) is 5.85. The maximum atomic E-state index is 14.5. The molecule has 9 nitrogen and oxygen atoms in total. The van der Waals surface area contributed by atoms with E-state index in [9.17, 15) is 32.8 Å². The molecular weight excluding hydrogens is 750 g/mol. The number of likely N-dealkylation sites (N-methyl/N-ethyl adjacent to an activating group) is 1. The van der Waals surface area contributed by atoms with E-state index in [2.05, 4.69) is 26.6 Å². The van der Waals surface area contributed by atoms with Crippen molar-refractivity contribution in [1.82, 2.24) is 10.6 Å². The number of alkyl halides is 3. The Morgan fingerprint density at radius 3 is 2.45 bits per heavy atom. The van der Waals surface area contributed by atoms with Gasteiger partial charge in [-0.25, -0.2) is 0 Å². The molecule has 1 heterocycles. The number of halogens is 6. The second-order valence-electron chi connectivity index (χ2n) is 11.0. The number of carbonyl (C=O) groups is 3. The fraction of sp³-hybridized carbons (Fsp3) is 0.235. The second kappa shape index (κ2) is 15.5. The third-order valence-electron chi connectivity index (χ3n) is 7.86. The van der Waals surface area contributed by atoms with Crippen LogP contribution < -0.4 is 25.2 Å². The van der Waals surface area contributed by atoms with E-state index in [0.29, 0.717) is 16.3 Å². The second-order valence-corrected chi connectivity index (χ2v) is 12.4. The van der Waals surface area contributed by atoms with E-state index >= 15 is 0 Å². The molecule has 49 heavy (non-hydrogen) atoms. The lowest BCUT2D eigenvalue weighted by Crippen LogP contribution is -2.55. The van der Waals surface area contributed by atoms with Crippen LogP contribution in [0.5, 0.6) is 5.75 Å². The summed E-state index contributed by atoms with van der Waals surface area (Å²) in [5, 5.41) is 16.2. The van der Waals surface area contributed by atoms with E-state index in [0.717, 1.165) is 4.47 Å². The average Bonchev–Trinajstić information content (AvgIpc) is 3.16. The zero-order valence-electron chi connectivity index (χ0n) is 26.0. The predicted octanol–water partition coefficient (Wildman–Crippen LogP) is 6.78. The Kier molecular flexibility index (Phi) is 11.8. The van der Waals surface area contributed by atoms with Gasteiger partial charge in [0.05, 0.1) is 42.1 Å². The van der Waals surface area contributed by atoms with Gasteiger partial charge >= 0.3 is 6.18 Å². The van der Waals surface area contributed by atoms with Crippen molar-refractivity contribution >= 4 is 79.8 Å². The molecule has 1 aliphatic rings. The standard InChI is InChI=1S/C34H28BrClF3N5O4.ClH/c1-19(41-2)31(45)42-27-17-44(32(46)21-5-3-20(15-40)4-6-21)29-14-24(36)9-11-28(29)43(33(27)47)16-26-25-10-8-23(35)13-22(25)7-12-30(26)48-18-34(37,38)39;/h3-14,19,27,41H,16-18H2,1-2H3,(H,42,45);1H/t19-,27-;/m0./s1. The number of carbonyl (C=O) groups excluding carboxylic acids is 3. The van der Waals surface area contributed by atoms with Crippen molar-refractivity contribution in [2.75, 3.05) is 30.0 Å². The monoisotopic (exact) mass is 777 g/mol. The lowest BCUT2D eigenvalue weighted by molar-refractivity contribution is -0.153. The Morgan fingerprint density at radius 2 is 1.80 bits per heavy atom. The number of nitriles is 1. The topological polar surface area (TPSA) is 115 Å². The zero-order valence-corrected chi connectivity index (χ0v) is 29.1. The van der Waals surface area contributed by atoms with Crippen LogP contribution in [0, 0.1) is 11.3 Å².